The second kappa shape index (κ2) is 5.83. The summed E-state index contributed by atoms with van der Waals surface area (Å²) in [6, 6.07) is 5.73. The van der Waals surface area contributed by atoms with E-state index in [4.69, 9.17) is 9.84 Å². The van der Waals surface area contributed by atoms with Crippen molar-refractivity contribution >= 4 is 23.1 Å². The van der Waals surface area contributed by atoms with E-state index < -0.39 is 5.97 Å². The molecule has 0 amide bonds. The van der Waals surface area contributed by atoms with Crippen LogP contribution in [0.2, 0.25) is 0 Å². The zero-order valence-corrected chi connectivity index (χ0v) is 11.9. The Labute approximate surface area is 119 Å². The second-order valence-electron chi connectivity index (χ2n) is 4.32. The predicted molar refractivity (Wildman–Crippen MR) is 74.8 cm³/mol. The van der Waals surface area contributed by atoms with Gasteiger partial charge in [-0.3, -0.25) is 4.79 Å². The molecule has 0 atom stereocenters. The molecule has 1 aromatic carbocycles. The Balaban J connectivity index is 2.04. The summed E-state index contributed by atoms with van der Waals surface area (Å²) in [5, 5.41) is 10.2. The Morgan fingerprint density at radius 3 is 2.75 bits per heavy atom. The average molecular weight is 291 g/mol. The average Bonchev–Trinajstić information content (AvgIpc) is 2.89. The molecule has 0 radical (unpaired) electrons. The SMILES string of the molecule is Cc1ccc(C)c(OCC(=O)c2nc(C(=O)O)cs2)c1. The number of rotatable bonds is 5. The lowest BCUT2D eigenvalue weighted by Crippen LogP contribution is -2.12. The summed E-state index contributed by atoms with van der Waals surface area (Å²) in [6.07, 6.45) is 0. The number of hydrogen-bond donors (Lipinski definition) is 1. The maximum atomic E-state index is 11.9. The van der Waals surface area contributed by atoms with Crippen molar-refractivity contribution in [3.8, 4) is 5.75 Å². The molecule has 0 bridgehead atoms. The lowest BCUT2D eigenvalue weighted by molar-refractivity contribution is 0.0691. The largest absolute Gasteiger partial charge is 0.485 e. The van der Waals surface area contributed by atoms with Crippen LogP contribution in [-0.2, 0) is 0 Å². The van der Waals surface area contributed by atoms with Crippen molar-refractivity contribution in [3.63, 3.8) is 0 Å². The zero-order valence-electron chi connectivity index (χ0n) is 11.0. The van der Waals surface area contributed by atoms with Crippen molar-refractivity contribution in [1.29, 1.82) is 0 Å². The molecule has 0 aliphatic carbocycles. The number of benzene rings is 1. The molecule has 20 heavy (non-hydrogen) atoms. The first-order valence-electron chi connectivity index (χ1n) is 5.89. The highest BCUT2D eigenvalue weighted by Crippen LogP contribution is 2.19. The van der Waals surface area contributed by atoms with E-state index >= 15 is 0 Å². The summed E-state index contributed by atoms with van der Waals surface area (Å²) < 4.78 is 5.47. The lowest BCUT2D eigenvalue weighted by Gasteiger charge is -2.08. The molecule has 0 saturated carbocycles. The molecule has 6 heteroatoms. The molecule has 1 aromatic heterocycles. The van der Waals surface area contributed by atoms with E-state index in [2.05, 4.69) is 4.98 Å². The molecule has 0 aliphatic heterocycles. The highest BCUT2D eigenvalue weighted by molar-refractivity contribution is 7.12. The number of aromatic nitrogens is 1. The van der Waals surface area contributed by atoms with Crippen molar-refractivity contribution in [2.75, 3.05) is 6.61 Å². The van der Waals surface area contributed by atoms with Gasteiger partial charge in [-0.15, -0.1) is 11.3 Å². The third kappa shape index (κ3) is 3.21. The van der Waals surface area contributed by atoms with Gasteiger partial charge in [-0.25, -0.2) is 9.78 Å². The van der Waals surface area contributed by atoms with Crippen molar-refractivity contribution in [2.45, 2.75) is 13.8 Å². The fraction of sp³-hybridized carbons (Fsp3) is 0.214. The van der Waals surface area contributed by atoms with Crippen LogP contribution in [-0.4, -0.2) is 28.4 Å². The van der Waals surface area contributed by atoms with E-state index in [1.807, 2.05) is 32.0 Å². The van der Waals surface area contributed by atoms with E-state index in [0.717, 1.165) is 22.5 Å². The van der Waals surface area contributed by atoms with Crippen LogP contribution in [0.3, 0.4) is 0 Å². The van der Waals surface area contributed by atoms with Crippen molar-refractivity contribution in [1.82, 2.24) is 4.98 Å². The number of ether oxygens (including phenoxy) is 1. The summed E-state index contributed by atoms with van der Waals surface area (Å²) in [5.41, 5.74) is 1.86. The fourth-order valence-electron chi connectivity index (χ4n) is 1.57. The summed E-state index contributed by atoms with van der Waals surface area (Å²) in [5.74, 6) is -0.826. The van der Waals surface area contributed by atoms with Gasteiger partial charge in [0.05, 0.1) is 0 Å². The number of thiazole rings is 1. The molecule has 104 valence electrons. The third-order valence-corrected chi connectivity index (χ3v) is 3.55. The van der Waals surface area contributed by atoms with Crippen LogP contribution in [0.15, 0.2) is 23.6 Å². The summed E-state index contributed by atoms with van der Waals surface area (Å²) in [4.78, 5) is 26.3. The van der Waals surface area contributed by atoms with Crippen molar-refractivity contribution in [3.05, 3.63) is 45.4 Å². The van der Waals surface area contributed by atoms with E-state index in [-0.39, 0.29) is 23.1 Å². The highest BCUT2D eigenvalue weighted by Gasteiger charge is 2.15. The Hall–Kier alpha value is -2.21. The minimum atomic E-state index is -1.14. The molecule has 0 spiro atoms. The summed E-state index contributed by atoms with van der Waals surface area (Å²) in [6.45, 7) is 3.68. The van der Waals surface area contributed by atoms with Gasteiger partial charge in [0.15, 0.2) is 17.3 Å². The summed E-state index contributed by atoms with van der Waals surface area (Å²) in [7, 11) is 0. The number of aromatic carboxylic acids is 1. The van der Waals surface area contributed by atoms with Gasteiger partial charge >= 0.3 is 5.97 Å². The van der Waals surface area contributed by atoms with E-state index in [0.29, 0.717) is 5.75 Å². The lowest BCUT2D eigenvalue weighted by atomic mass is 10.1. The van der Waals surface area contributed by atoms with Crippen molar-refractivity contribution < 1.29 is 19.4 Å². The van der Waals surface area contributed by atoms with Crippen LogP contribution in [0.5, 0.6) is 5.75 Å². The van der Waals surface area contributed by atoms with Gasteiger partial charge in [0.25, 0.3) is 0 Å². The Morgan fingerprint density at radius 2 is 2.10 bits per heavy atom. The first kappa shape index (κ1) is 14.2. The maximum absolute atomic E-state index is 11.9. The normalized spacial score (nSPS) is 10.3. The molecule has 1 N–H and O–H groups in total. The van der Waals surface area contributed by atoms with Crippen LogP contribution in [0.1, 0.15) is 31.4 Å². The van der Waals surface area contributed by atoms with Gasteiger partial charge in [0.2, 0.25) is 5.78 Å². The molecule has 2 rings (SSSR count). The van der Waals surface area contributed by atoms with Crippen LogP contribution < -0.4 is 4.74 Å². The van der Waals surface area contributed by atoms with Gasteiger partial charge in [0.1, 0.15) is 5.75 Å². The monoisotopic (exact) mass is 291 g/mol. The predicted octanol–water partition coefficient (Wildman–Crippen LogP) is 2.72. The first-order chi connectivity index (χ1) is 9.47. The minimum absolute atomic E-state index is 0.120. The van der Waals surface area contributed by atoms with Gasteiger partial charge in [-0.1, -0.05) is 12.1 Å². The minimum Gasteiger partial charge on any atom is -0.485 e. The fourth-order valence-corrected chi connectivity index (χ4v) is 2.29. The van der Waals surface area contributed by atoms with Gasteiger partial charge in [-0.2, -0.15) is 0 Å². The smallest absolute Gasteiger partial charge is 0.355 e. The molecular weight excluding hydrogens is 278 g/mol. The molecule has 5 nitrogen and oxygen atoms in total. The van der Waals surface area contributed by atoms with Crippen LogP contribution in [0.4, 0.5) is 0 Å². The molecule has 2 aromatic rings. The standard InChI is InChI=1S/C14H13NO4S/c1-8-3-4-9(2)12(5-8)19-6-11(16)13-15-10(7-20-13)14(17)18/h3-5,7H,6H2,1-2H3,(H,17,18). The summed E-state index contributed by atoms with van der Waals surface area (Å²) >= 11 is 1.01. The zero-order chi connectivity index (χ0) is 14.7. The third-order valence-electron chi connectivity index (χ3n) is 2.66. The number of carboxylic acid groups (broad SMARTS) is 1. The molecular formula is C14H13NO4S. The van der Waals surface area contributed by atoms with E-state index in [9.17, 15) is 9.59 Å². The first-order valence-corrected chi connectivity index (χ1v) is 6.77. The highest BCUT2D eigenvalue weighted by atomic mass is 32.1. The molecule has 0 aliphatic rings. The number of nitrogens with zero attached hydrogens (tertiary/aromatic N) is 1. The Bertz CT molecular complexity index is 663. The van der Waals surface area contributed by atoms with Gasteiger partial charge in [0, 0.05) is 5.38 Å². The molecule has 0 saturated heterocycles. The van der Waals surface area contributed by atoms with Crippen LogP contribution in [0, 0.1) is 13.8 Å². The number of Topliss-reactive ketones (excluding diaryl/α,β-unsaturated/α-hetero) is 1. The number of carbonyl (C=O) groups excluding carboxylic acids is 1. The Morgan fingerprint density at radius 1 is 1.35 bits per heavy atom. The second-order valence-corrected chi connectivity index (χ2v) is 5.18. The Kier molecular flexibility index (Phi) is 4.14. The van der Waals surface area contributed by atoms with E-state index in [1.54, 1.807) is 0 Å². The number of carboxylic acids is 1. The topological polar surface area (TPSA) is 76.5 Å². The quantitative estimate of drug-likeness (QED) is 0.857. The van der Waals surface area contributed by atoms with Gasteiger partial charge < -0.3 is 9.84 Å². The van der Waals surface area contributed by atoms with Crippen LogP contribution in [0.25, 0.3) is 0 Å². The van der Waals surface area contributed by atoms with Crippen LogP contribution >= 0.6 is 11.3 Å². The number of carbonyl (C=O) groups is 2. The van der Waals surface area contributed by atoms with Gasteiger partial charge in [-0.05, 0) is 31.0 Å². The van der Waals surface area contributed by atoms with E-state index in [1.165, 1.54) is 5.38 Å². The molecule has 0 fully saturated rings. The van der Waals surface area contributed by atoms with Crippen molar-refractivity contribution in [2.24, 2.45) is 0 Å². The maximum Gasteiger partial charge on any atom is 0.355 e. The molecule has 1 heterocycles. The number of hydrogen-bond acceptors (Lipinski definition) is 5. The number of aryl methyl sites for hydroxylation is 2. The molecule has 0 unspecified atom stereocenters. The number of ketones is 1.